The summed E-state index contributed by atoms with van der Waals surface area (Å²) in [5, 5.41) is 18.9. The van der Waals surface area contributed by atoms with E-state index in [4.69, 9.17) is 16.7 Å². The van der Waals surface area contributed by atoms with E-state index in [1.165, 1.54) is 6.07 Å². The molecule has 2 aromatic rings. The fraction of sp³-hybridized carbons (Fsp3) is 0.222. The standard InChI is InChI=1S/C18H18ClNO4/c1-12-6-7-14(10-16(12)19)20(9-8-17(21)22)11-13-4-2-3-5-15(13)18(23)24/h2-7,10H,8-9,11H2,1H3,(H,21,22)(H,23,24). The van der Waals surface area contributed by atoms with Gasteiger partial charge in [0.2, 0.25) is 0 Å². The lowest BCUT2D eigenvalue weighted by molar-refractivity contribution is -0.136. The van der Waals surface area contributed by atoms with Crippen molar-refractivity contribution in [2.24, 2.45) is 0 Å². The number of halogens is 1. The Bertz CT molecular complexity index is 760. The minimum absolute atomic E-state index is 0.0548. The van der Waals surface area contributed by atoms with Gasteiger partial charge in [-0.3, -0.25) is 4.79 Å². The van der Waals surface area contributed by atoms with Gasteiger partial charge in [0, 0.05) is 23.8 Å². The van der Waals surface area contributed by atoms with Crippen molar-refractivity contribution >= 4 is 29.2 Å². The molecular weight excluding hydrogens is 330 g/mol. The van der Waals surface area contributed by atoms with Crippen LogP contribution in [0.4, 0.5) is 5.69 Å². The molecule has 2 aromatic carbocycles. The topological polar surface area (TPSA) is 77.8 Å². The van der Waals surface area contributed by atoms with Gasteiger partial charge in [0.05, 0.1) is 12.0 Å². The summed E-state index contributed by atoms with van der Waals surface area (Å²) in [5.41, 5.74) is 2.50. The Balaban J connectivity index is 2.34. The van der Waals surface area contributed by atoms with Gasteiger partial charge in [0.25, 0.3) is 0 Å². The molecule has 24 heavy (non-hydrogen) atoms. The van der Waals surface area contributed by atoms with E-state index in [-0.39, 0.29) is 25.1 Å². The van der Waals surface area contributed by atoms with Crippen molar-refractivity contribution < 1.29 is 19.8 Å². The van der Waals surface area contributed by atoms with E-state index in [1.54, 1.807) is 24.3 Å². The molecule has 0 heterocycles. The van der Waals surface area contributed by atoms with E-state index < -0.39 is 11.9 Å². The third kappa shape index (κ3) is 4.49. The zero-order valence-corrected chi connectivity index (χ0v) is 14.0. The highest BCUT2D eigenvalue weighted by Gasteiger charge is 2.15. The molecule has 0 spiro atoms. The minimum Gasteiger partial charge on any atom is -0.481 e. The third-order valence-electron chi connectivity index (χ3n) is 3.73. The van der Waals surface area contributed by atoms with Crippen molar-refractivity contribution in [3.8, 4) is 0 Å². The minimum atomic E-state index is -1.01. The molecule has 0 unspecified atom stereocenters. The predicted molar refractivity (Wildman–Crippen MR) is 92.9 cm³/mol. The predicted octanol–water partition coefficient (Wildman–Crippen LogP) is 3.83. The highest BCUT2D eigenvalue weighted by molar-refractivity contribution is 6.31. The number of aryl methyl sites for hydroxylation is 1. The number of rotatable bonds is 7. The van der Waals surface area contributed by atoms with Crippen LogP contribution in [0, 0.1) is 6.92 Å². The number of carbonyl (C=O) groups is 2. The first kappa shape index (κ1) is 17.8. The van der Waals surface area contributed by atoms with Gasteiger partial charge in [-0.15, -0.1) is 0 Å². The van der Waals surface area contributed by atoms with Gasteiger partial charge in [-0.1, -0.05) is 35.9 Å². The molecule has 2 rings (SSSR count). The van der Waals surface area contributed by atoms with Crippen LogP contribution >= 0.6 is 11.6 Å². The summed E-state index contributed by atoms with van der Waals surface area (Å²) in [7, 11) is 0. The van der Waals surface area contributed by atoms with E-state index in [9.17, 15) is 14.7 Å². The van der Waals surface area contributed by atoms with Gasteiger partial charge in [0.15, 0.2) is 0 Å². The summed E-state index contributed by atoms with van der Waals surface area (Å²) in [5.74, 6) is -1.92. The molecule has 6 heteroatoms. The van der Waals surface area contributed by atoms with Crippen LogP contribution in [0.25, 0.3) is 0 Å². The Hall–Kier alpha value is -2.53. The van der Waals surface area contributed by atoms with E-state index in [0.717, 1.165) is 11.3 Å². The molecule has 5 nitrogen and oxygen atoms in total. The van der Waals surface area contributed by atoms with Gasteiger partial charge in [-0.2, -0.15) is 0 Å². The molecule has 0 amide bonds. The van der Waals surface area contributed by atoms with Crippen molar-refractivity contribution in [1.29, 1.82) is 0 Å². The Morgan fingerprint density at radius 2 is 1.83 bits per heavy atom. The summed E-state index contributed by atoms with van der Waals surface area (Å²) in [6.45, 7) is 2.42. The molecule has 126 valence electrons. The van der Waals surface area contributed by atoms with Gasteiger partial charge >= 0.3 is 11.9 Å². The second-order valence-electron chi connectivity index (χ2n) is 5.46. The maximum absolute atomic E-state index is 11.4. The van der Waals surface area contributed by atoms with E-state index in [2.05, 4.69) is 0 Å². The number of aliphatic carboxylic acids is 1. The zero-order valence-electron chi connectivity index (χ0n) is 13.2. The molecule has 0 aliphatic heterocycles. The van der Waals surface area contributed by atoms with Gasteiger partial charge in [-0.05, 0) is 36.2 Å². The van der Waals surface area contributed by atoms with Crippen LogP contribution in [0.15, 0.2) is 42.5 Å². The average molecular weight is 348 g/mol. The smallest absolute Gasteiger partial charge is 0.336 e. The lowest BCUT2D eigenvalue weighted by Crippen LogP contribution is -2.26. The van der Waals surface area contributed by atoms with Crippen molar-refractivity contribution in [2.45, 2.75) is 19.9 Å². The number of aromatic carboxylic acids is 1. The normalized spacial score (nSPS) is 10.4. The monoisotopic (exact) mass is 347 g/mol. The number of hydrogen-bond acceptors (Lipinski definition) is 3. The molecule has 0 aliphatic carbocycles. The molecule has 0 atom stereocenters. The van der Waals surface area contributed by atoms with Crippen LogP contribution in [0.5, 0.6) is 0 Å². The van der Waals surface area contributed by atoms with Crippen molar-refractivity contribution in [3.05, 3.63) is 64.2 Å². The van der Waals surface area contributed by atoms with Crippen LogP contribution in [0.2, 0.25) is 5.02 Å². The highest BCUT2D eigenvalue weighted by atomic mass is 35.5. The van der Waals surface area contributed by atoms with Gasteiger partial charge in [-0.25, -0.2) is 4.79 Å². The zero-order chi connectivity index (χ0) is 17.7. The molecule has 0 aromatic heterocycles. The maximum atomic E-state index is 11.4. The molecule has 0 fully saturated rings. The molecule has 0 bridgehead atoms. The number of carboxylic acid groups (broad SMARTS) is 2. The summed E-state index contributed by atoms with van der Waals surface area (Å²) in [4.78, 5) is 24.1. The number of carboxylic acids is 2. The molecule has 0 saturated carbocycles. The first-order valence-corrected chi connectivity index (χ1v) is 7.80. The first-order chi connectivity index (χ1) is 11.4. The lowest BCUT2D eigenvalue weighted by atomic mass is 10.1. The Morgan fingerprint density at radius 1 is 1.12 bits per heavy atom. The summed E-state index contributed by atoms with van der Waals surface area (Å²) in [6, 6.07) is 12.2. The average Bonchev–Trinajstić information content (AvgIpc) is 2.54. The van der Waals surface area contributed by atoms with Crippen LogP contribution in [0.3, 0.4) is 0 Å². The van der Waals surface area contributed by atoms with Crippen LogP contribution in [0.1, 0.15) is 27.9 Å². The molecule has 0 saturated heterocycles. The van der Waals surface area contributed by atoms with Crippen molar-refractivity contribution in [2.75, 3.05) is 11.4 Å². The number of nitrogens with zero attached hydrogens (tertiary/aromatic N) is 1. The van der Waals surface area contributed by atoms with Crippen molar-refractivity contribution in [1.82, 2.24) is 0 Å². The lowest BCUT2D eigenvalue weighted by Gasteiger charge is -2.25. The summed E-state index contributed by atoms with van der Waals surface area (Å²) in [6.07, 6.45) is -0.0548. The summed E-state index contributed by atoms with van der Waals surface area (Å²) >= 11 is 6.17. The number of anilines is 1. The third-order valence-corrected chi connectivity index (χ3v) is 4.13. The van der Waals surface area contributed by atoms with Crippen LogP contribution < -0.4 is 4.90 Å². The van der Waals surface area contributed by atoms with Crippen molar-refractivity contribution in [3.63, 3.8) is 0 Å². The fourth-order valence-corrected chi connectivity index (χ4v) is 2.56. The van der Waals surface area contributed by atoms with Crippen LogP contribution in [-0.2, 0) is 11.3 Å². The molecular formula is C18H18ClNO4. The molecule has 2 N–H and O–H groups in total. The van der Waals surface area contributed by atoms with E-state index >= 15 is 0 Å². The Morgan fingerprint density at radius 3 is 2.46 bits per heavy atom. The number of hydrogen-bond donors (Lipinski definition) is 2. The Labute approximate surface area is 145 Å². The van der Waals surface area contributed by atoms with Gasteiger partial charge in [0.1, 0.15) is 0 Å². The maximum Gasteiger partial charge on any atom is 0.336 e. The highest BCUT2D eigenvalue weighted by Crippen LogP contribution is 2.25. The summed E-state index contributed by atoms with van der Waals surface area (Å²) < 4.78 is 0. The first-order valence-electron chi connectivity index (χ1n) is 7.42. The largest absolute Gasteiger partial charge is 0.481 e. The van der Waals surface area contributed by atoms with Crippen LogP contribution in [-0.4, -0.2) is 28.7 Å². The fourth-order valence-electron chi connectivity index (χ4n) is 2.38. The molecule has 0 aliphatic rings. The van der Waals surface area contributed by atoms with E-state index in [1.807, 2.05) is 24.0 Å². The molecule has 0 radical (unpaired) electrons. The second kappa shape index (κ2) is 7.84. The second-order valence-corrected chi connectivity index (χ2v) is 5.87. The van der Waals surface area contributed by atoms with E-state index in [0.29, 0.717) is 10.6 Å². The number of benzene rings is 2. The SMILES string of the molecule is Cc1ccc(N(CCC(=O)O)Cc2ccccc2C(=O)O)cc1Cl. The quantitative estimate of drug-likeness (QED) is 0.796. The Kier molecular flexibility index (Phi) is 5.82. The van der Waals surface area contributed by atoms with Gasteiger partial charge < -0.3 is 15.1 Å².